The van der Waals surface area contributed by atoms with Crippen LogP contribution >= 0.6 is 11.3 Å². The predicted octanol–water partition coefficient (Wildman–Crippen LogP) is 1.16. The van der Waals surface area contributed by atoms with Crippen LogP contribution < -0.4 is 9.80 Å². The number of aryl methyl sites for hydroxylation is 1. The largest absolute Gasteiger partial charge is 0.378 e. The maximum absolute atomic E-state index is 5.48. The molecule has 2 fully saturated rings. The highest BCUT2D eigenvalue weighted by atomic mass is 32.1. The number of ether oxygens (including phenoxy) is 2. The number of aromatic nitrogens is 6. The highest BCUT2D eigenvalue weighted by Crippen LogP contribution is 2.26. The van der Waals surface area contributed by atoms with E-state index >= 15 is 0 Å². The molecule has 5 rings (SSSR count). The van der Waals surface area contributed by atoms with Gasteiger partial charge in [-0.1, -0.05) is 0 Å². The van der Waals surface area contributed by atoms with Gasteiger partial charge in [-0.15, -0.1) is 11.3 Å². The second-order valence-corrected chi connectivity index (χ2v) is 7.65. The summed E-state index contributed by atoms with van der Waals surface area (Å²) in [7, 11) is 0. The summed E-state index contributed by atoms with van der Waals surface area (Å²) < 4.78 is 12.9. The first-order valence-corrected chi connectivity index (χ1v) is 10.5. The summed E-state index contributed by atoms with van der Waals surface area (Å²) in [5.41, 5.74) is 0.740. The molecule has 0 aliphatic carbocycles. The Morgan fingerprint density at radius 2 is 1.48 bits per heavy atom. The fraction of sp³-hybridized carbons (Fsp3) is 0.500. The molecule has 2 aliphatic rings. The van der Waals surface area contributed by atoms with Crippen LogP contribution in [0.5, 0.6) is 0 Å². The van der Waals surface area contributed by atoms with Crippen LogP contribution in [0.1, 0.15) is 5.82 Å². The van der Waals surface area contributed by atoms with E-state index in [1.165, 1.54) is 0 Å². The number of morpholine rings is 2. The average molecular weight is 414 g/mol. The lowest BCUT2D eigenvalue weighted by atomic mass is 10.4. The molecule has 10 nitrogen and oxygen atoms in total. The summed E-state index contributed by atoms with van der Waals surface area (Å²) in [6.07, 6.45) is 3.68. The molecule has 0 spiro atoms. The fourth-order valence-corrected chi connectivity index (χ4v) is 4.17. The number of hydrogen-bond donors (Lipinski definition) is 0. The van der Waals surface area contributed by atoms with Crippen molar-refractivity contribution in [2.24, 2.45) is 0 Å². The van der Waals surface area contributed by atoms with E-state index in [9.17, 15) is 0 Å². The average Bonchev–Trinajstić information content (AvgIpc) is 3.43. The van der Waals surface area contributed by atoms with Gasteiger partial charge in [0.2, 0.25) is 11.9 Å². The summed E-state index contributed by atoms with van der Waals surface area (Å²) in [6.45, 7) is 7.72. The molecule has 0 atom stereocenters. The van der Waals surface area contributed by atoms with Crippen molar-refractivity contribution < 1.29 is 9.47 Å². The summed E-state index contributed by atoms with van der Waals surface area (Å²) in [5.74, 6) is 2.83. The minimum Gasteiger partial charge on any atom is -0.378 e. The zero-order valence-corrected chi connectivity index (χ0v) is 17.0. The van der Waals surface area contributed by atoms with Gasteiger partial charge in [0.15, 0.2) is 11.0 Å². The number of nitrogens with zero attached hydrogens (tertiary/aromatic N) is 8. The maximum Gasteiger partial charge on any atom is 0.230 e. The van der Waals surface area contributed by atoms with Crippen molar-refractivity contribution in [3.63, 3.8) is 0 Å². The van der Waals surface area contributed by atoms with Crippen molar-refractivity contribution in [3.8, 4) is 16.6 Å². The topological polar surface area (TPSA) is 94.3 Å². The molecule has 2 saturated heterocycles. The van der Waals surface area contributed by atoms with E-state index in [4.69, 9.17) is 29.4 Å². The monoisotopic (exact) mass is 414 g/mol. The molecule has 2 aliphatic heterocycles. The van der Waals surface area contributed by atoms with Crippen molar-refractivity contribution in [3.05, 3.63) is 23.6 Å². The van der Waals surface area contributed by atoms with Crippen LogP contribution in [0.2, 0.25) is 0 Å². The predicted molar refractivity (Wildman–Crippen MR) is 109 cm³/mol. The number of thiazole rings is 1. The van der Waals surface area contributed by atoms with Gasteiger partial charge in [-0.3, -0.25) is 4.57 Å². The smallest absolute Gasteiger partial charge is 0.230 e. The van der Waals surface area contributed by atoms with Gasteiger partial charge in [0.25, 0.3) is 0 Å². The zero-order valence-electron chi connectivity index (χ0n) is 16.2. The minimum absolute atomic E-state index is 0.586. The Hall–Kier alpha value is -2.63. The third kappa shape index (κ3) is 3.80. The Labute approximate surface area is 172 Å². The van der Waals surface area contributed by atoms with E-state index in [-0.39, 0.29) is 0 Å². The number of imidazole rings is 1. The third-order valence-electron chi connectivity index (χ3n) is 4.95. The first-order chi connectivity index (χ1) is 14.3. The van der Waals surface area contributed by atoms with Crippen LogP contribution in [0, 0.1) is 6.92 Å². The Bertz CT molecular complexity index is 942. The van der Waals surface area contributed by atoms with Gasteiger partial charge >= 0.3 is 0 Å². The zero-order chi connectivity index (χ0) is 19.6. The van der Waals surface area contributed by atoms with E-state index in [1.54, 1.807) is 17.5 Å². The van der Waals surface area contributed by atoms with Gasteiger partial charge in [0.05, 0.1) is 26.4 Å². The van der Waals surface area contributed by atoms with Crippen LogP contribution in [0.15, 0.2) is 17.8 Å². The first-order valence-electron chi connectivity index (χ1n) is 9.65. The van der Waals surface area contributed by atoms with E-state index in [1.807, 2.05) is 23.1 Å². The first kappa shape index (κ1) is 18.4. The molecule has 0 saturated carbocycles. The Balaban J connectivity index is 1.52. The molecular weight excluding hydrogens is 392 g/mol. The Morgan fingerprint density at radius 1 is 0.862 bits per heavy atom. The van der Waals surface area contributed by atoms with Crippen molar-refractivity contribution in [2.45, 2.75) is 6.92 Å². The molecule has 11 heteroatoms. The van der Waals surface area contributed by atoms with Gasteiger partial charge in [0, 0.05) is 44.0 Å². The summed E-state index contributed by atoms with van der Waals surface area (Å²) >= 11 is 1.54. The highest BCUT2D eigenvalue weighted by molar-refractivity contribution is 7.12. The van der Waals surface area contributed by atoms with Gasteiger partial charge in [-0.25, -0.2) is 9.97 Å². The van der Waals surface area contributed by atoms with Crippen LogP contribution in [0.4, 0.5) is 11.9 Å². The van der Waals surface area contributed by atoms with E-state index in [0.717, 1.165) is 42.8 Å². The van der Waals surface area contributed by atoms with Crippen molar-refractivity contribution in [2.75, 3.05) is 62.4 Å². The molecule has 0 bridgehead atoms. The van der Waals surface area contributed by atoms with Crippen LogP contribution in [-0.2, 0) is 9.47 Å². The third-order valence-corrected chi connectivity index (χ3v) is 5.79. The van der Waals surface area contributed by atoms with Crippen molar-refractivity contribution >= 4 is 23.2 Å². The van der Waals surface area contributed by atoms with E-state index in [0.29, 0.717) is 44.1 Å². The van der Waals surface area contributed by atoms with E-state index < -0.39 is 0 Å². The van der Waals surface area contributed by atoms with Crippen LogP contribution in [0.3, 0.4) is 0 Å². The second-order valence-electron chi connectivity index (χ2n) is 6.82. The molecule has 0 unspecified atom stereocenters. The standard InChI is InChI=1S/C18H22N8O2S/c1-13-19-2-3-26(13)18-20-14(12-29-18)15-21-16(24-4-8-27-9-5-24)23-17(22-15)25-6-10-28-11-7-25/h2-3,12H,4-11H2,1H3. The minimum atomic E-state index is 0.586. The SMILES string of the molecule is Cc1nccn1-c1nc(-c2nc(N3CCOCC3)nc(N3CCOCC3)n2)cs1. The normalized spacial score (nSPS) is 17.7. The summed E-state index contributed by atoms with van der Waals surface area (Å²) in [5, 5.41) is 2.83. The van der Waals surface area contributed by atoms with Gasteiger partial charge in [-0.05, 0) is 6.92 Å². The van der Waals surface area contributed by atoms with Crippen LogP contribution in [0.25, 0.3) is 16.6 Å². The maximum atomic E-state index is 5.48. The van der Waals surface area contributed by atoms with E-state index in [2.05, 4.69) is 14.8 Å². The fourth-order valence-electron chi connectivity index (χ4n) is 3.34. The molecule has 0 amide bonds. The number of anilines is 2. The molecular formula is C18H22N8O2S. The Kier molecular flexibility index (Phi) is 5.08. The lowest BCUT2D eigenvalue weighted by Crippen LogP contribution is -2.40. The van der Waals surface area contributed by atoms with Crippen molar-refractivity contribution in [1.82, 2.24) is 29.5 Å². The molecule has 0 N–H and O–H groups in total. The van der Waals surface area contributed by atoms with Gasteiger partial charge in [-0.2, -0.15) is 15.0 Å². The molecule has 0 aromatic carbocycles. The molecule has 3 aromatic rings. The molecule has 152 valence electrons. The summed E-state index contributed by atoms with van der Waals surface area (Å²) in [4.78, 5) is 27.6. The van der Waals surface area contributed by atoms with Crippen LogP contribution in [-0.4, -0.2) is 82.1 Å². The molecule has 29 heavy (non-hydrogen) atoms. The highest BCUT2D eigenvalue weighted by Gasteiger charge is 2.22. The van der Waals surface area contributed by atoms with Gasteiger partial charge in [0.1, 0.15) is 11.5 Å². The quantitative estimate of drug-likeness (QED) is 0.623. The van der Waals surface area contributed by atoms with Crippen molar-refractivity contribution in [1.29, 1.82) is 0 Å². The molecule has 5 heterocycles. The number of hydrogen-bond acceptors (Lipinski definition) is 10. The Morgan fingerprint density at radius 3 is 2.03 bits per heavy atom. The number of rotatable bonds is 4. The lowest BCUT2D eigenvalue weighted by Gasteiger charge is -2.30. The lowest BCUT2D eigenvalue weighted by molar-refractivity contribution is 0.121. The summed E-state index contributed by atoms with van der Waals surface area (Å²) in [6, 6.07) is 0. The van der Waals surface area contributed by atoms with Gasteiger partial charge < -0.3 is 19.3 Å². The molecule has 0 radical (unpaired) electrons. The second kappa shape index (κ2) is 8.01. The molecule has 3 aromatic heterocycles.